The predicted octanol–water partition coefficient (Wildman–Crippen LogP) is 1.93. The number of methoxy groups -OCH3 is 1. The van der Waals surface area contributed by atoms with E-state index < -0.39 is 16.8 Å². The molecular formula is C14H13NO4S. The molecule has 2 rings (SSSR count). The molecule has 0 heterocycles. The van der Waals surface area contributed by atoms with Crippen LogP contribution in [0.1, 0.15) is 10.4 Å². The van der Waals surface area contributed by atoms with Gasteiger partial charge < -0.3 is 15.6 Å². The lowest BCUT2D eigenvalue weighted by Crippen LogP contribution is -2.07. The van der Waals surface area contributed by atoms with E-state index in [0.29, 0.717) is 4.90 Å². The van der Waals surface area contributed by atoms with Crippen molar-refractivity contribution < 1.29 is 18.8 Å². The highest BCUT2D eigenvalue weighted by Crippen LogP contribution is 2.30. The van der Waals surface area contributed by atoms with Crippen LogP contribution in [0.15, 0.2) is 52.3 Å². The lowest BCUT2D eigenvalue weighted by molar-refractivity contribution is 0.0601. The average molecular weight is 291 g/mol. The summed E-state index contributed by atoms with van der Waals surface area (Å²) in [5.41, 5.74) is 5.79. The van der Waals surface area contributed by atoms with E-state index in [1.165, 1.54) is 19.2 Å². The normalized spacial score (nSPS) is 11.8. The van der Waals surface area contributed by atoms with E-state index in [4.69, 9.17) is 5.73 Å². The minimum atomic E-state index is -1.61. The molecule has 0 amide bonds. The number of carbonyl (C=O) groups excluding carboxylic acids is 1. The minimum absolute atomic E-state index is 0.0724. The number of rotatable bonds is 3. The molecule has 3 N–H and O–H groups in total. The number of nitrogen functional groups attached to an aromatic ring is 1. The first-order valence-corrected chi connectivity index (χ1v) is 6.87. The number of carbonyl (C=O) groups is 1. The first kappa shape index (κ1) is 14.1. The second-order valence-electron chi connectivity index (χ2n) is 3.98. The second-order valence-corrected chi connectivity index (χ2v) is 5.43. The molecule has 20 heavy (non-hydrogen) atoms. The molecule has 0 aliphatic rings. The summed E-state index contributed by atoms with van der Waals surface area (Å²) in [6.07, 6.45) is 0. The second kappa shape index (κ2) is 5.75. The van der Waals surface area contributed by atoms with Crippen LogP contribution < -0.4 is 5.73 Å². The monoisotopic (exact) mass is 291 g/mol. The molecule has 0 saturated carbocycles. The van der Waals surface area contributed by atoms with Gasteiger partial charge in [0.25, 0.3) is 0 Å². The van der Waals surface area contributed by atoms with Crippen molar-refractivity contribution in [1.82, 2.24) is 0 Å². The van der Waals surface area contributed by atoms with Crippen LogP contribution in [-0.2, 0) is 15.5 Å². The van der Waals surface area contributed by atoms with Gasteiger partial charge in [-0.2, -0.15) is 0 Å². The van der Waals surface area contributed by atoms with E-state index in [1.807, 2.05) is 0 Å². The summed E-state index contributed by atoms with van der Waals surface area (Å²) in [7, 11) is -0.384. The summed E-state index contributed by atoms with van der Waals surface area (Å²) in [6.45, 7) is 0. The van der Waals surface area contributed by atoms with Gasteiger partial charge in [0.15, 0.2) is 0 Å². The molecule has 5 nitrogen and oxygen atoms in total. The highest BCUT2D eigenvalue weighted by atomic mass is 32.2. The van der Waals surface area contributed by atoms with Gasteiger partial charge in [0.1, 0.15) is 5.75 Å². The lowest BCUT2D eigenvalue weighted by Gasteiger charge is -2.09. The number of anilines is 1. The maximum Gasteiger partial charge on any atom is 0.340 e. The van der Waals surface area contributed by atoms with Crippen molar-refractivity contribution in [1.29, 1.82) is 0 Å². The van der Waals surface area contributed by atoms with Crippen LogP contribution in [0.4, 0.5) is 5.69 Å². The fourth-order valence-electron chi connectivity index (χ4n) is 1.69. The van der Waals surface area contributed by atoms with E-state index in [0.717, 1.165) is 0 Å². The Morgan fingerprint density at radius 1 is 1.25 bits per heavy atom. The lowest BCUT2D eigenvalue weighted by atomic mass is 10.2. The van der Waals surface area contributed by atoms with Crippen LogP contribution in [0.3, 0.4) is 0 Å². The Labute approximate surface area is 118 Å². The third kappa shape index (κ3) is 2.65. The van der Waals surface area contributed by atoms with Gasteiger partial charge in [0, 0.05) is 16.6 Å². The number of ether oxygens (including phenoxy) is 1. The van der Waals surface area contributed by atoms with Crippen molar-refractivity contribution >= 4 is 22.5 Å². The van der Waals surface area contributed by atoms with E-state index in [9.17, 15) is 14.1 Å². The van der Waals surface area contributed by atoms with Crippen LogP contribution in [0.5, 0.6) is 5.75 Å². The number of phenolic OH excluding ortho intramolecular Hbond substituents is 1. The molecule has 0 aliphatic heterocycles. The van der Waals surface area contributed by atoms with Crippen LogP contribution >= 0.6 is 0 Å². The van der Waals surface area contributed by atoms with Crippen molar-refractivity contribution in [3.8, 4) is 5.75 Å². The molecule has 2 aromatic rings. The quantitative estimate of drug-likeness (QED) is 0.666. The van der Waals surface area contributed by atoms with E-state index in [1.54, 1.807) is 30.3 Å². The molecule has 0 bridgehead atoms. The molecule has 6 heteroatoms. The topological polar surface area (TPSA) is 89.6 Å². The van der Waals surface area contributed by atoms with Gasteiger partial charge in [-0.25, -0.2) is 9.00 Å². The first-order valence-electron chi connectivity index (χ1n) is 5.72. The molecule has 0 spiro atoms. The van der Waals surface area contributed by atoms with Gasteiger partial charge in [-0.3, -0.25) is 0 Å². The zero-order valence-corrected chi connectivity index (χ0v) is 11.5. The van der Waals surface area contributed by atoms with Gasteiger partial charge in [-0.1, -0.05) is 18.2 Å². The van der Waals surface area contributed by atoms with Crippen LogP contribution in [0, 0.1) is 0 Å². The molecule has 104 valence electrons. The Morgan fingerprint density at radius 3 is 2.50 bits per heavy atom. The maximum atomic E-state index is 12.4. The summed E-state index contributed by atoms with van der Waals surface area (Å²) in [6, 6.07) is 11.1. The Bertz CT molecular complexity index is 670. The number of esters is 1. The molecule has 0 saturated heterocycles. The number of hydrogen-bond acceptors (Lipinski definition) is 5. The van der Waals surface area contributed by atoms with E-state index in [2.05, 4.69) is 4.74 Å². The molecule has 0 fully saturated rings. The first-order chi connectivity index (χ1) is 9.54. The number of benzene rings is 2. The van der Waals surface area contributed by atoms with Crippen LogP contribution in [0.2, 0.25) is 0 Å². The van der Waals surface area contributed by atoms with Crippen molar-refractivity contribution in [3.05, 3.63) is 48.0 Å². The van der Waals surface area contributed by atoms with Gasteiger partial charge in [0.05, 0.1) is 28.4 Å². The minimum Gasteiger partial charge on any atom is -0.507 e. The van der Waals surface area contributed by atoms with Crippen molar-refractivity contribution in [2.24, 2.45) is 0 Å². The standard InChI is InChI=1S/C14H13NO4S/c1-19-14(17)10-7-13(12(16)8-11(10)15)20(18)9-5-3-2-4-6-9/h2-8,16H,15H2,1H3. The highest BCUT2D eigenvalue weighted by molar-refractivity contribution is 7.85. The summed E-state index contributed by atoms with van der Waals surface area (Å²) >= 11 is 0. The maximum absolute atomic E-state index is 12.4. The summed E-state index contributed by atoms with van der Waals surface area (Å²) < 4.78 is 17.0. The van der Waals surface area contributed by atoms with Gasteiger partial charge in [-0.15, -0.1) is 0 Å². The van der Waals surface area contributed by atoms with Crippen LogP contribution in [-0.4, -0.2) is 22.4 Å². The Kier molecular flexibility index (Phi) is 4.05. The van der Waals surface area contributed by atoms with Crippen molar-refractivity contribution in [3.63, 3.8) is 0 Å². The Hall–Kier alpha value is -2.34. The largest absolute Gasteiger partial charge is 0.507 e. The zero-order chi connectivity index (χ0) is 14.7. The number of hydrogen-bond donors (Lipinski definition) is 2. The van der Waals surface area contributed by atoms with Crippen LogP contribution in [0.25, 0.3) is 0 Å². The molecule has 0 radical (unpaired) electrons. The zero-order valence-electron chi connectivity index (χ0n) is 10.7. The molecule has 1 unspecified atom stereocenters. The fraction of sp³-hybridized carbons (Fsp3) is 0.0714. The summed E-state index contributed by atoms with van der Waals surface area (Å²) in [5, 5.41) is 9.88. The Morgan fingerprint density at radius 2 is 1.90 bits per heavy atom. The molecule has 1 atom stereocenters. The SMILES string of the molecule is COC(=O)c1cc(S(=O)c2ccccc2)c(O)cc1N. The number of phenols is 1. The van der Waals surface area contributed by atoms with Crippen molar-refractivity contribution in [2.45, 2.75) is 9.79 Å². The molecular weight excluding hydrogens is 278 g/mol. The third-order valence-corrected chi connectivity index (χ3v) is 4.12. The molecule has 2 aromatic carbocycles. The summed E-state index contributed by atoms with van der Waals surface area (Å²) in [5.74, 6) is -0.869. The van der Waals surface area contributed by atoms with Gasteiger partial charge in [-0.05, 0) is 18.2 Å². The van der Waals surface area contributed by atoms with E-state index in [-0.39, 0.29) is 21.9 Å². The molecule has 0 aromatic heterocycles. The molecule has 0 aliphatic carbocycles. The van der Waals surface area contributed by atoms with Gasteiger partial charge in [0.2, 0.25) is 0 Å². The Balaban J connectivity index is 2.52. The smallest absolute Gasteiger partial charge is 0.340 e. The van der Waals surface area contributed by atoms with Crippen molar-refractivity contribution in [2.75, 3.05) is 12.8 Å². The summed E-state index contributed by atoms with van der Waals surface area (Å²) in [4.78, 5) is 12.2. The highest BCUT2D eigenvalue weighted by Gasteiger charge is 2.18. The fourth-order valence-corrected chi connectivity index (χ4v) is 2.82. The predicted molar refractivity (Wildman–Crippen MR) is 75.0 cm³/mol. The number of nitrogens with two attached hydrogens (primary N) is 1. The van der Waals surface area contributed by atoms with Gasteiger partial charge >= 0.3 is 5.97 Å². The third-order valence-electron chi connectivity index (χ3n) is 2.69. The number of aromatic hydroxyl groups is 1. The average Bonchev–Trinajstić information content (AvgIpc) is 2.47. The van der Waals surface area contributed by atoms with E-state index >= 15 is 0 Å².